The second kappa shape index (κ2) is 7.19. The molecule has 1 aliphatic heterocycles. The Morgan fingerprint density at radius 2 is 1.96 bits per heavy atom. The average Bonchev–Trinajstić information content (AvgIpc) is 2.86. The molecule has 0 radical (unpaired) electrons. The van der Waals surface area contributed by atoms with Gasteiger partial charge in [0.25, 0.3) is 0 Å². The lowest BCUT2D eigenvalue weighted by atomic mass is 9.95. The zero-order valence-corrected chi connectivity index (χ0v) is 14.8. The summed E-state index contributed by atoms with van der Waals surface area (Å²) in [5.74, 6) is -2.28. The first-order valence-corrected chi connectivity index (χ1v) is 8.20. The fraction of sp³-hybridized carbons (Fsp3) is 0.647. The molecular formula is C17H23F3N2O3. The molecule has 140 valence electrons. The van der Waals surface area contributed by atoms with Crippen LogP contribution in [0.2, 0.25) is 0 Å². The van der Waals surface area contributed by atoms with Gasteiger partial charge in [-0.2, -0.15) is 13.2 Å². The van der Waals surface area contributed by atoms with Crippen LogP contribution in [0.5, 0.6) is 0 Å². The third-order valence-corrected chi connectivity index (χ3v) is 4.92. The number of alkyl halides is 3. The number of nitrogens with zero attached hydrogens (tertiary/aromatic N) is 1. The molecule has 2 heterocycles. The third kappa shape index (κ3) is 3.89. The fourth-order valence-corrected chi connectivity index (χ4v) is 3.40. The van der Waals surface area contributed by atoms with Gasteiger partial charge in [0, 0.05) is 12.2 Å². The first-order valence-electron chi connectivity index (χ1n) is 8.20. The number of likely N-dealkylation sites (tertiary alicyclic amines) is 1. The number of carbonyl (C=O) groups is 2. The van der Waals surface area contributed by atoms with E-state index >= 15 is 0 Å². The van der Waals surface area contributed by atoms with E-state index in [2.05, 4.69) is 4.98 Å². The van der Waals surface area contributed by atoms with Gasteiger partial charge in [-0.05, 0) is 45.7 Å². The van der Waals surface area contributed by atoms with Gasteiger partial charge in [0.2, 0.25) is 0 Å². The first-order chi connectivity index (χ1) is 11.6. The van der Waals surface area contributed by atoms with Gasteiger partial charge in [0.1, 0.15) is 0 Å². The number of ether oxygens (including phenoxy) is 1. The summed E-state index contributed by atoms with van der Waals surface area (Å²) in [6.45, 7) is 5.15. The Kier molecular flexibility index (Phi) is 5.61. The van der Waals surface area contributed by atoms with E-state index in [-0.39, 0.29) is 24.4 Å². The molecule has 0 aliphatic carbocycles. The topological polar surface area (TPSA) is 62.4 Å². The van der Waals surface area contributed by atoms with Crippen LogP contribution >= 0.6 is 0 Å². The Bertz CT molecular complexity index is 667. The van der Waals surface area contributed by atoms with E-state index in [1.54, 1.807) is 25.7 Å². The van der Waals surface area contributed by atoms with Crippen LogP contribution in [-0.2, 0) is 4.74 Å². The van der Waals surface area contributed by atoms with Crippen molar-refractivity contribution in [1.29, 1.82) is 0 Å². The van der Waals surface area contributed by atoms with Crippen LogP contribution in [-0.4, -0.2) is 54.1 Å². The van der Waals surface area contributed by atoms with Crippen molar-refractivity contribution < 1.29 is 27.5 Å². The van der Waals surface area contributed by atoms with Gasteiger partial charge >= 0.3 is 12.1 Å². The summed E-state index contributed by atoms with van der Waals surface area (Å²) in [6, 6.07) is -0.701. The van der Waals surface area contributed by atoms with Crippen molar-refractivity contribution >= 4 is 11.8 Å². The predicted molar refractivity (Wildman–Crippen MR) is 85.8 cm³/mol. The van der Waals surface area contributed by atoms with Gasteiger partial charge in [-0.1, -0.05) is 0 Å². The molecule has 0 bridgehead atoms. The lowest BCUT2D eigenvalue weighted by molar-refractivity contribution is -0.187. The van der Waals surface area contributed by atoms with Crippen LogP contribution < -0.4 is 0 Å². The van der Waals surface area contributed by atoms with Crippen LogP contribution in [0.15, 0.2) is 0 Å². The monoisotopic (exact) mass is 360 g/mol. The normalized spacial score (nSPS) is 20.4. The molecule has 0 aromatic carbocycles. The van der Waals surface area contributed by atoms with E-state index in [0.29, 0.717) is 29.8 Å². The molecule has 1 fully saturated rings. The molecule has 5 nitrogen and oxygen atoms in total. The van der Waals surface area contributed by atoms with Crippen LogP contribution in [0.3, 0.4) is 0 Å². The molecule has 1 aliphatic rings. The maximum Gasteiger partial charge on any atom is 0.393 e. The number of aromatic amines is 1. The number of esters is 1. The second-order valence-electron chi connectivity index (χ2n) is 6.53. The van der Waals surface area contributed by atoms with Gasteiger partial charge < -0.3 is 9.72 Å². The van der Waals surface area contributed by atoms with Crippen molar-refractivity contribution in [2.24, 2.45) is 5.92 Å². The molecule has 25 heavy (non-hydrogen) atoms. The molecule has 8 heteroatoms. The van der Waals surface area contributed by atoms with Crippen molar-refractivity contribution in [3.63, 3.8) is 0 Å². The van der Waals surface area contributed by atoms with Gasteiger partial charge in [-0.3, -0.25) is 9.69 Å². The maximum absolute atomic E-state index is 13.0. The number of methoxy groups -OCH3 is 1. The molecule has 1 aromatic heterocycles. The number of hydrogen-bond acceptors (Lipinski definition) is 4. The summed E-state index contributed by atoms with van der Waals surface area (Å²) in [5, 5.41) is 0. The van der Waals surface area contributed by atoms with Crippen LogP contribution in [0.4, 0.5) is 13.2 Å². The van der Waals surface area contributed by atoms with Crippen molar-refractivity contribution in [3.05, 3.63) is 22.5 Å². The molecule has 2 atom stereocenters. The minimum Gasteiger partial charge on any atom is -0.465 e. The Morgan fingerprint density at radius 3 is 2.52 bits per heavy atom. The highest BCUT2D eigenvalue weighted by Crippen LogP contribution is 2.34. The molecule has 1 N–H and O–H groups in total. The van der Waals surface area contributed by atoms with Gasteiger partial charge in [-0.15, -0.1) is 0 Å². The number of aromatic nitrogens is 1. The first kappa shape index (κ1) is 19.5. The summed E-state index contributed by atoms with van der Waals surface area (Å²) >= 11 is 0. The SMILES string of the molecule is COC(=O)c1c(C)[nH]c(C(=O)C(C)N2CCCC(C(F)(F)F)C2)c1C. The number of Topliss-reactive ketones (excluding diaryl/α,β-unsaturated/α-hetero) is 1. The highest BCUT2D eigenvalue weighted by atomic mass is 19.4. The minimum absolute atomic E-state index is 0.0913. The average molecular weight is 360 g/mol. The molecule has 2 rings (SSSR count). The highest BCUT2D eigenvalue weighted by molar-refractivity contribution is 6.03. The largest absolute Gasteiger partial charge is 0.465 e. The van der Waals surface area contributed by atoms with E-state index in [9.17, 15) is 22.8 Å². The molecule has 0 spiro atoms. The standard InChI is InChI=1S/C17H23F3N2O3/c1-9-13(16(24)25-4)10(2)21-14(9)15(23)11(3)22-7-5-6-12(8-22)17(18,19)20/h11-12,21H,5-8H2,1-4H3. The quantitative estimate of drug-likeness (QED) is 0.661. The number of piperidine rings is 1. The van der Waals surface area contributed by atoms with Gasteiger partial charge in [0.15, 0.2) is 5.78 Å². The number of ketones is 1. The number of nitrogens with one attached hydrogen (secondary N) is 1. The van der Waals surface area contributed by atoms with E-state index in [0.717, 1.165) is 0 Å². The summed E-state index contributed by atoms with van der Waals surface area (Å²) in [7, 11) is 1.25. The Balaban J connectivity index is 2.22. The van der Waals surface area contributed by atoms with E-state index in [1.165, 1.54) is 7.11 Å². The predicted octanol–water partition coefficient (Wildman–Crippen LogP) is 3.26. The molecular weight excluding hydrogens is 337 g/mol. The molecule has 1 aromatic rings. The third-order valence-electron chi connectivity index (χ3n) is 4.92. The Labute approximate surface area is 144 Å². The van der Waals surface area contributed by atoms with Crippen LogP contribution in [0, 0.1) is 19.8 Å². The number of halogens is 3. The van der Waals surface area contributed by atoms with Gasteiger partial charge in [0.05, 0.1) is 30.3 Å². The minimum atomic E-state index is -4.25. The summed E-state index contributed by atoms with van der Waals surface area (Å²) < 4.78 is 43.7. The Hall–Kier alpha value is -1.83. The Morgan fingerprint density at radius 1 is 1.32 bits per heavy atom. The summed E-state index contributed by atoms with van der Waals surface area (Å²) in [5.41, 5.74) is 1.52. The molecule has 0 amide bonds. The molecule has 0 saturated carbocycles. The summed E-state index contributed by atoms with van der Waals surface area (Å²) in [6.07, 6.45) is -3.76. The second-order valence-corrected chi connectivity index (χ2v) is 6.53. The molecule has 2 unspecified atom stereocenters. The highest BCUT2D eigenvalue weighted by Gasteiger charge is 2.43. The van der Waals surface area contributed by atoms with Crippen molar-refractivity contribution in [1.82, 2.24) is 9.88 Å². The number of H-pyrrole nitrogens is 1. The fourth-order valence-electron chi connectivity index (χ4n) is 3.40. The molecule has 1 saturated heterocycles. The van der Waals surface area contributed by atoms with Gasteiger partial charge in [-0.25, -0.2) is 4.79 Å². The number of carbonyl (C=O) groups excluding carboxylic acids is 2. The smallest absolute Gasteiger partial charge is 0.393 e. The number of hydrogen-bond donors (Lipinski definition) is 1. The van der Waals surface area contributed by atoms with E-state index in [1.807, 2.05) is 0 Å². The van der Waals surface area contributed by atoms with Crippen LogP contribution in [0.1, 0.15) is 51.9 Å². The van der Waals surface area contributed by atoms with Crippen molar-refractivity contribution in [2.45, 2.75) is 45.8 Å². The number of aryl methyl sites for hydroxylation is 1. The zero-order valence-electron chi connectivity index (χ0n) is 14.8. The number of rotatable bonds is 4. The lowest BCUT2D eigenvalue weighted by Gasteiger charge is -2.36. The van der Waals surface area contributed by atoms with E-state index in [4.69, 9.17) is 4.74 Å². The zero-order chi connectivity index (χ0) is 18.9. The van der Waals surface area contributed by atoms with E-state index < -0.39 is 24.1 Å². The van der Waals surface area contributed by atoms with Crippen LogP contribution in [0.25, 0.3) is 0 Å². The lowest BCUT2D eigenvalue weighted by Crippen LogP contribution is -2.48. The maximum atomic E-state index is 13.0. The summed E-state index contributed by atoms with van der Waals surface area (Å²) in [4.78, 5) is 29.1. The van der Waals surface area contributed by atoms with Crippen molar-refractivity contribution in [3.8, 4) is 0 Å². The van der Waals surface area contributed by atoms with Crippen molar-refractivity contribution in [2.75, 3.05) is 20.2 Å².